The molecule has 0 amide bonds. The normalized spacial score (nSPS) is 20.2. The highest BCUT2D eigenvalue weighted by Crippen LogP contribution is 2.25. The van der Waals surface area contributed by atoms with Crippen LogP contribution in [0.15, 0.2) is 29.3 Å². The number of ether oxygens (including phenoxy) is 1. The Bertz CT molecular complexity index is 613. The number of aliphatic imine (C=N–C) groups is 1. The largest absolute Gasteiger partial charge is 0.466 e. The van der Waals surface area contributed by atoms with Crippen molar-refractivity contribution in [2.24, 2.45) is 10.9 Å². The number of aryl methyl sites for hydroxylation is 1. The van der Waals surface area contributed by atoms with E-state index in [1.54, 1.807) is 12.1 Å². The molecule has 0 spiro atoms. The molecule has 2 rings (SSSR count). The molecule has 0 radical (unpaired) electrons. The summed E-state index contributed by atoms with van der Waals surface area (Å²) in [5.41, 5.74) is 1.00. The summed E-state index contributed by atoms with van der Waals surface area (Å²) in [6.07, 6.45) is 5.28. The highest BCUT2D eigenvalue weighted by molar-refractivity contribution is 5.80. The summed E-state index contributed by atoms with van der Waals surface area (Å²) in [5.74, 6) is 0.600. The summed E-state index contributed by atoms with van der Waals surface area (Å²) in [6, 6.07) is 7.06. The molecule has 5 nitrogen and oxygen atoms in total. The van der Waals surface area contributed by atoms with Crippen molar-refractivity contribution >= 4 is 11.9 Å². The van der Waals surface area contributed by atoms with E-state index in [1.165, 1.54) is 6.07 Å². The summed E-state index contributed by atoms with van der Waals surface area (Å²) in [4.78, 5) is 16.5. The molecule has 27 heavy (non-hydrogen) atoms. The number of carbonyl (C=O) groups excluding carboxylic acids is 1. The molecule has 1 saturated carbocycles. The van der Waals surface area contributed by atoms with Gasteiger partial charge in [-0.2, -0.15) is 0 Å². The summed E-state index contributed by atoms with van der Waals surface area (Å²) in [5, 5.41) is 6.76. The molecule has 1 aromatic rings. The molecule has 0 saturated heterocycles. The van der Waals surface area contributed by atoms with Crippen LogP contribution < -0.4 is 10.6 Å². The second-order valence-corrected chi connectivity index (χ2v) is 6.94. The van der Waals surface area contributed by atoms with Gasteiger partial charge >= 0.3 is 5.97 Å². The number of carbonyl (C=O) groups is 1. The van der Waals surface area contributed by atoms with Crippen LogP contribution in [0.25, 0.3) is 0 Å². The van der Waals surface area contributed by atoms with E-state index in [-0.39, 0.29) is 17.7 Å². The van der Waals surface area contributed by atoms with E-state index in [0.29, 0.717) is 19.2 Å². The highest BCUT2D eigenvalue weighted by Gasteiger charge is 2.27. The highest BCUT2D eigenvalue weighted by atomic mass is 19.1. The fraction of sp³-hybridized carbons (Fsp3) is 0.619. The maximum absolute atomic E-state index is 13.2. The summed E-state index contributed by atoms with van der Waals surface area (Å²) >= 11 is 0. The molecule has 0 heterocycles. The monoisotopic (exact) mass is 377 g/mol. The van der Waals surface area contributed by atoms with E-state index in [1.807, 2.05) is 19.9 Å². The number of halogens is 1. The number of nitrogens with one attached hydrogen (secondary N) is 2. The molecule has 1 fully saturated rings. The molecular weight excluding hydrogens is 345 g/mol. The van der Waals surface area contributed by atoms with Crippen molar-refractivity contribution in [3.05, 3.63) is 35.6 Å². The van der Waals surface area contributed by atoms with Crippen LogP contribution in [0.5, 0.6) is 0 Å². The first kappa shape index (κ1) is 21.2. The van der Waals surface area contributed by atoms with Gasteiger partial charge in [0, 0.05) is 19.1 Å². The summed E-state index contributed by atoms with van der Waals surface area (Å²) < 4.78 is 18.3. The van der Waals surface area contributed by atoms with Gasteiger partial charge in [-0.05, 0) is 70.1 Å². The molecule has 0 bridgehead atoms. The lowest BCUT2D eigenvalue weighted by Gasteiger charge is -2.29. The van der Waals surface area contributed by atoms with E-state index in [4.69, 9.17) is 4.74 Å². The molecule has 0 aromatic heterocycles. The molecule has 0 unspecified atom stereocenters. The van der Waals surface area contributed by atoms with Gasteiger partial charge in [0.1, 0.15) is 5.82 Å². The summed E-state index contributed by atoms with van der Waals surface area (Å²) in [7, 11) is 0. The third-order valence-electron chi connectivity index (χ3n) is 4.81. The van der Waals surface area contributed by atoms with E-state index >= 15 is 0 Å². The van der Waals surface area contributed by atoms with Crippen LogP contribution in [0.2, 0.25) is 0 Å². The first-order chi connectivity index (χ1) is 13.1. The van der Waals surface area contributed by atoms with E-state index in [2.05, 4.69) is 15.6 Å². The number of hydrogen-bond donors (Lipinski definition) is 2. The Labute approximate surface area is 161 Å². The molecule has 0 aliphatic heterocycles. The van der Waals surface area contributed by atoms with Crippen molar-refractivity contribution in [2.45, 2.75) is 58.4 Å². The average Bonchev–Trinajstić information content (AvgIpc) is 2.66. The van der Waals surface area contributed by atoms with Gasteiger partial charge in [0.25, 0.3) is 0 Å². The smallest absolute Gasteiger partial charge is 0.308 e. The van der Waals surface area contributed by atoms with Crippen molar-refractivity contribution in [2.75, 3.05) is 19.7 Å². The van der Waals surface area contributed by atoms with Crippen LogP contribution in [0.1, 0.15) is 51.5 Å². The standard InChI is InChI=1S/C21H32FN3O2/c1-3-23-21(24-14-6-8-16-7-5-9-18(22)15-16)25-19-12-10-17(11-13-19)20(26)27-4-2/h5,7,9,15,17,19H,3-4,6,8,10-14H2,1-2H3,(H2,23,24,25). The predicted octanol–water partition coefficient (Wildman–Crippen LogP) is 3.44. The molecule has 1 aromatic carbocycles. The predicted molar refractivity (Wildman–Crippen MR) is 106 cm³/mol. The minimum absolute atomic E-state index is 0.0359. The lowest BCUT2D eigenvalue weighted by molar-refractivity contribution is -0.149. The fourth-order valence-corrected chi connectivity index (χ4v) is 3.41. The maximum Gasteiger partial charge on any atom is 0.308 e. The van der Waals surface area contributed by atoms with Gasteiger partial charge in [-0.25, -0.2) is 4.39 Å². The first-order valence-electron chi connectivity index (χ1n) is 10.1. The van der Waals surface area contributed by atoms with Crippen molar-refractivity contribution < 1.29 is 13.9 Å². The molecule has 1 aliphatic rings. The van der Waals surface area contributed by atoms with Crippen molar-refractivity contribution in [1.82, 2.24) is 10.6 Å². The van der Waals surface area contributed by atoms with E-state index < -0.39 is 0 Å². The molecule has 0 atom stereocenters. The van der Waals surface area contributed by atoms with Gasteiger partial charge in [-0.3, -0.25) is 9.79 Å². The SMILES string of the molecule is CCNC(=NCCCc1cccc(F)c1)NC1CCC(C(=O)OCC)CC1. The first-order valence-corrected chi connectivity index (χ1v) is 10.1. The van der Waals surface area contributed by atoms with Gasteiger partial charge in [0.15, 0.2) is 5.96 Å². The van der Waals surface area contributed by atoms with Crippen LogP contribution >= 0.6 is 0 Å². The molecule has 2 N–H and O–H groups in total. The molecule has 1 aliphatic carbocycles. The number of esters is 1. The topological polar surface area (TPSA) is 62.7 Å². The summed E-state index contributed by atoms with van der Waals surface area (Å²) in [6.45, 7) is 5.82. The molecule has 150 valence electrons. The minimum atomic E-state index is -0.190. The zero-order valence-corrected chi connectivity index (χ0v) is 16.5. The maximum atomic E-state index is 13.2. The zero-order valence-electron chi connectivity index (χ0n) is 16.5. The Kier molecular flexibility index (Phi) is 9.08. The van der Waals surface area contributed by atoms with Crippen LogP contribution in [-0.2, 0) is 16.0 Å². The van der Waals surface area contributed by atoms with Gasteiger partial charge in [0.2, 0.25) is 0 Å². The van der Waals surface area contributed by atoms with Crippen molar-refractivity contribution in [3.63, 3.8) is 0 Å². The van der Waals surface area contributed by atoms with Gasteiger partial charge < -0.3 is 15.4 Å². The van der Waals surface area contributed by atoms with E-state index in [0.717, 1.165) is 56.6 Å². The fourth-order valence-electron chi connectivity index (χ4n) is 3.41. The number of hydrogen-bond acceptors (Lipinski definition) is 3. The third kappa shape index (κ3) is 7.57. The third-order valence-corrected chi connectivity index (χ3v) is 4.81. The van der Waals surface area contributed by atoms with Gasteiger partial charge in [-0.1, -0.05) is 12.1 Å². The van der Waals surface area contributed by atoms with Crippen LogP contribution in [0.3, 0.4) is 0 Å². The zero-order chi connectivity index (χ0) is 19.5. The number of nitrogens with zero attached hydrogens (tertiary/aromatic N) is 1. The number of guanidine groups is 1. The van der Waals surface area contributed by atoms with Gasteiger partial charge in [-0.15, -0.1) is 0 Å². The minimum Gasteiger partial charge on any atom is -0.466 e. The lowest BCUT2D eigenvalue weighted by Crippen LogP contribution is -2.45. The van der Waals surface area contributed by atoms with Gasteiger partial charge in [0.05, 0.1) is 12.5 Å². The van der Waals surface area contributed by atoms with Crippen molar-refractivity contribution in [1.29, 1.82) is 0 Å². The van der Waals surface area contributed by atoms with Crippen LogP contribution in [0.4, 0.5) is 4.39 Å². The van der Waals surface area contributed by atoms with E-state index in [9.17, 15) is 9.18 Å². The van der Waals surface area contributed by atoms with Crippen molar-refractivity contribution in [3.8, 4) is 0 Å². The average molecular weight is 378 g/mol. The molecule has 6 heteroatoms. The second kappa shape index (κ2) is 11.6. The quantitative estimate of drug-likeness (QED) is 0.315. The Morgan fingerprint density at radius 3 is 2.70 bits per heavy atom. The Morgan fingerprint density at radius 2 is 2.04 bits per heavy atom. The Hall–Kier alpha value is -2.11. The van der Waals surface area contributed by atoms with Crippen LogP contribution in [-0.4, -0.2) is 37.7 Å². The Morgan fingerprint density at radius 1 is 1.26 bits per heavy atom. The Balaban J connectivity index is 1.76. The number of rotatable bonds is 8. The second-order valence-electron chi connectivity index (χ2n) is 6.94. The molecular formula is C21H32FN3O2. The number of benzene rings is 1. The van der Waals surface area contributed by atoms with Crippen LogP contribution in [0, 0.1) is 11.7 Å². The lowest BCUT2D eigenvalue weighted by atomic mass is 9.86.